The average Bonchev–Trinajstić information content (AvgIpc) is 2.62. The lowest BCUT2D eigenvalue weighted by atomic mass is 9.76. The Morgan fingerprint density at radius 1 is 1.35 bits per heavy atom. The van der Waals surface area contributed by atoms with Crippen LogP contribution in [0, 0.1) is 5.92 Å². The number of hydrogen-bond donors (Lipinski definition) is 1. The molecule has 1 spiro atoms. The minimum atomic E-state index is -0.712. The van der Waals surface area contributed by atoms with Gasteiger partial charge in [0, 0.05) is 27.1 Å². The fourth-order valence-corrected chi connectivity index (χ4v) is 3.08. The summed E-state index contributed by atoms with van der Waals surface area (Å²) in [6.07, 6.45) is 3.53. The molecule has 0 aromatic carbocycles. The molecule has 6 nitrogen and oxygen atoms in total. The summed E-state index contributed by atoms with van der Waals surface area (Å²) >= 11 is 0. The third-order valence-corrected chi connectivity index (χ3v) is 4.55. The van der Waals surface area contributed by atoms with Gasteiger partial charge in [-0.05, 0) is 31.6 Å². The van der Waals surface area contributed by atoms with Gasteiger partial charge in [-0.2, -0.15) is 0 Å². The van der Waals surface area contributed by atoms with Crippen molar-refractivity contribution in [3.05, 3.63) is 0 Å². The first-order valence-corrected chi connectivity index (χ1v) is 7.20. The van der Waals surface area contributed by atoms with Gasteiger partial charge in [0.05, 0.1) is 0 Å². The zero-order valence-electron chi connectivity index (χ0n) is 12.4. The molecule has 4 amide bonds. The molecule has 0 aromatic heterocycles. The second kappa shape index (κ2) is 5.42. The van der Waals surface area contributed by atoms with Crippen molar-refractivity contribution in [2.24, 2.45) is 5.92 Å². The van der Waals surface area contributed by atoms with Crippen molar-refractivity contribution < 1.29 is 14.4 Å². The Balaban J connectivity index is 2.10. The Morgan fingerprint density at radius 2 is 1.95 bits per heavy atom. The minimum absolute atomic E-state index is 0.0310. The summed E-state index contributed by atoms with van der Waals surface area (Å²) in [5, 5.41) is 2.42. The lowest BCUT2D eigenvalue weighted by molar-refractivity contribution is -0.132. The van der Waals surface area contributed by atoms with Gasteiger partial charge in [0.2, 0.25) is 5.91 Å². The second-order valence-corrected chi connectivity index (χ2v) is 6.16. The minimum Gasteiger partial charge on any atom is -0.349 e. The molecule has 1 N–H and O–H groups in total. The monoisotopic (exact) mass is 281 g/mol. The van der Waals surface area contributed by atoms with Crippen LogP contribution < -0.4 is 5.32 Å². The highest BCUT2D eigenvalue weighted by Crippen LogP contribution is 2.39. The maximum Gasteiger partial charge on any atom is 0.325 e. The lowest BCUT2D eigenvalue weighted by Gasteiger charge is -2.40. The van der Waals surface area contributed by atoms with Gasteiger partial charge in [-0.3, -0.25) is 14.9 Å². The number of carbonyl (C=O) groups excluding carboxylic acids is 3. The van der Waals surface area contributed by atoms with Crippen LogP contribution in [0.25, 0.3) is 0 Å². The highest BCUT2D eigenvalue weighted by atomic mass is 16.2. The summed E-state index contributed by atoms with van der Waals surface area (Å²) in [6, 6.07) is -0.351. The molecule has 2 fully saturated rings. The number of hydrogen-bond acceptors (Lipinski definition) is 3. The topological polar surface area (TPSA) is 69.7 Å². The summed E-state index contributed by atoms with van der Waals surface area (Å²) < 4.78 is 0. The van der Waals surface area contributed by atoms with E-state index >= 15 is 0 Å². The molecule has 1 saturated carbocycles. The molecule has 0 bridgehead atoms. The van der Waals surface area contributed by atoms with Crippen LogP contribution in [0.15, 0.2) is 0 Å². The zero-order valence-corrected chi connectivity index (χ0v) is 12.4. The Labute approximate surface area is 119 Å². The van der Waals surface area contributed by atoms with Gasteiger partial charge in [0.25, 0.3) is 5.91 Å². The number of amides is 4. The Hall–Kier alpha value is -1.59. The van der Waals surface area contributed by atoms with Crippen LogP contribution in [0.4, 0.5) is 4.79 Å². The molecule has 112 valence electrons. The maximum atomic E-state index is 12.2. The number of nitrogens with one attached hydrogen (secondary N) is 1. The van der Waals surface area contributed by atoms with Crippen molar-refractivity contribution in [1.29, 1.82) is 0 Å². The predicted molar refractivity (Wildman–Crippen MR) is 73.9 cm³/mol. The van der Waals surface area contributed by atoms with Crippen LogP contribution in [0.5, 0.6) is 0 Å². The van der Waals surface area contributed by atoms with Gasteiger partial charge in [0.15, 0.2) is 0 Å². The SMILES string of the molecule is CC1CCC2(CC1)C(=O)NC(=O)N2CCC(=O)N(C)C. The van der Waals surface area contributed by atoms with E-state index in [1.54, 1.807) is 19.0 Å². The molecule has 20 heavy (non-hydrogen) atoms. The van der Waals surface area contributed by atoms with Gasteiger partial charge in [-0.25, -0.2) is 4.79 Å². The van der Waals surface area contributed by atoms with Crippen LogP contribution >= 0.6 is 0 Å². The highest BCUT2D eigenvalue weighted by Gasteiger charge is 2.53. The molecule has 2 rings (SSSR count). The van der Waals surface area contributed by atoms with E-state index in [1.807, 2.05) is 0 Å². The number of rotatable bonds is 3. The van der Waals surface area contributed by atoms with Crippen molar-refractivity contribution >= 4 is 17.8 Å². The largest absolute Gasteiger partial charge is 0.349 e. The van der Waals surface area contributed by atoms with E-state index in [4.69, 9.17) is 0 Å². The third-order valence-electron chi connectivity index (χ3n) is 4.55. The van der Waals surface area contributed by atoms with E-state index in [9.17, 15) is 14.4 Å². The highest BCUT2D eigenvalue weighted by molar-refractivity contribution is 6.07. The van der Waals surface area contributed by atoms with E-state index < -0.39 is 5.54 Å². The molecule has 0 radical (unpaired) electrons. The second-order valence-electron chi connectivity index (χ2n) is 6.16. The van der Waals surface area contributed by atoms with Crippen molar-refractivity contribution in [1.82, 2.24) is 15.1 Å². The van der Waals surface area contributed by atoms with E-state index in [0.29, 0.717) is 25.3 Å². The first-order chi connectivity index (χ1) is 9.36. The Morgan fingerprint density at radius 3 is 2.50 bits per heavy atom. The summed E-state index contributed by atoms with van der Waals surface area (Å²) in [4.78, 5) is 39.0. The van der Waals surface area contributed by atoms with E-state index in [2.05, 4.69) is 12.2 Å². The molecule has 1 aliphatic heterocycles. The fourth-order valence-electron chi connectivity index (χ4n) is 3.08. The first-order valence-electron chi connectivity index (χ1n) is 7.20. The van der Waals surface area contributed by atoms with Gasteiger partial charge >= 0.3 is 6.03 Å². The number of urea groups is 1. The Kier molecular flexibility index (Phi) is 4.01. The molecule has 1 saturated heterocycles. The van der Waals surface area contributed by atoms with Crippen molar-refractivity contribution in [2.45, 2.75) is 44.6 Å². The van der Waals surface area contributed by atoms with Crippen LogP contribution in [0.2, 0.25) is 0 Å². The summed E-state index contributed by atoms with van der Waals surface area (Å²) in [5.41, 5.74) is -0.712. The third kappa shape index (κ3) is 2.51. The predicted octanol–water partition coefficient (Wildman–Crippen LogP) is 0.965. The van der Waals surface area contributed by atoms with Crippen molar-refractivity contribution in [2.75, 3.05) is 20.6 Å². The maximum absolute atomic E-state index is 12.2. The summed E-state index contributed by atoms with van der Waals surface area (Å²) in [6.45, 7) is 2.48. The summed E-state index contributed by atoms with van der Waals surface area (Å²) in [7, 11) is 3.38. The Bertz CT molecular complexity index is 425. The first kappa shape index (κ1) is 14.8. The standard InChI is InChI=1S/C14H23N3O3/c1-10-4-7-14(8-5-10)12(19)15-13(20)17(14)9-6-11(18)16(2)3/h10H,4-9H2,1-3H3,(H,15,19,20). The van der Waals surface area contributed by atoms with Crippen LogP contribution in [0.3, 0.4) is 0 Å². The van der Waals surface area contributed by atoms with Crippen molar-refractivity contribution in [3.8, 4) is 0 Å². The van der Waals surface area contributed by atoms with Crippen LogP contribution in [-0.4, -0.2) is 53.8 Å². The molecule has 0 unspecified atom stereocenters. The number of carbonyl (C=O) groups is 3. The van der Waals surface area contributed by atoms with Gasteiger partial charge in [-0.1, -0.05) is 6.92 Å². The van der Waals surface area contributed by atoms with E-state index in [-0.39, 0.29) is 24.3 Å². The quantitative estimate of drug-likeness (QED) is 0.784. The smallest absolute Gasteiger partial charge is 0.325 e. The lowest BCUT2D eigenvalue weighted by Crippen LogP contribution is -2.52. The molecule has 6 heteroatoms. The van der Waals surface area contributed by atoms with Gasteiger partial charge < -0.3 is 9.80 Å². The summed E-state index contributed by atoms with van der Waals surface area (Å²) in [5.74, 6) is 0.373. The zero-order chi connectivity index (χ0) is 14.9. The normalized spacial score (nSPS) is 29.8. The number of nitrogens with zero attached hydrogens (tertiary/aromatic N) is 2. The van der Waals surface area contributed by atoms with E-state index in [1.165, 1.54) is 4.90 Å². The van der Waals surface area contributed by atoms with E-state index in [0.717, 1.165) is 12.8 Å². The van der Waals surface area contributed by atoms with Crippen molar-refractivity contribution in [3.63, 3.8) is 0 Å². The van der Waals surface area contributed by atoms with Crippen LogP contribution in [-0.2, 0) is 9.59 Å². The molecular formula is C14H23N3O3. The van der Waals surface area contributed by atoms with Gasteiger partial charge in [0.1, 0.15) is 5.54 Å². The van der Waals surface area contributed by atoms with Crippen LogP contribution in [0.1, 0.15) is 39.0 Å². The molecule has 0 atom stereocenters. The molecule has 2 aliphatic rings. The molecule has 1 heterocycles. The van der Waals surface area contributed by atoms with Gasteiger partial charge in [-0.15, -0.1) is 0 Å². The molecule has 0 aromatic rings. The molecular weight excluding hydrogens is 258 g/mol. The molecule has 1 aliphatic carbocycles. The number of imide groups is 1. The fraction of sp³-hybridized carbons (Fsp3) is 0.786. The average molecular weight is 281 g/mol.